The number of oxime groups is 1. The van der Waals surface area contributed by atoms with Crippen molar-refractivity contribution in [3.8, 4) is 0 Å². The molecule has 136 valence electrons. The second-order valence-corrected chi connectivity index (χ2v) is 8.87. The molecular formula is C21H31N2OP. The lowest BCUT2D eigenvalue weighted by molar-refractivity contribution is 0.0856. The highest BCUT2D eigenvalue weighted by molar-refractivity contribution is 7.13. The van der Waals surface area contributed by atoms with Crippen LogP contribution in [0.2, 0.25) is 0 Å². The lowest BCUT2D eigenvalue weighted by Gasteiger charge is -2.34. The van der Waals surface area contributed by atoms with Crippen LogP contribution in [0.1, 0.15) is 63.0 Å². The summed E-state index contributed by atoms with van der Waals surface area (Å²) in [4.78, 5) is 5.82. The van der Waals surface area contributed by atoms with Crippen LogP contribution in [0.3, 0.4) is 0 Å². The highest BCUT2D eigenvalue weighted by Crippen LogP contribution is 2.40. The van der Waals surface area contributed by atoms with Crippen molar-refractivity contribution in [3.05, 3.63) is 35.9 Å². The fraction of sp³-hybridized carbons (Fsp3) is 0.667. The zero-order chi connectivity index (χ0) is 17.1. The zero-order valence-electron chi connectivity index (χ0n) is 15.1. The summed E-state index contributed by atoms with van der Waals surface area (Å²) in [5, 5.41) is 4.56. The minimum atomic E-state index is 0.137. The Kier molecular flexibility index (Phi) is 5.73. The molecule has 0 bridgehead atoms. The Labute approximate surface area is 154 Å². The molecule has 4 unspecified atom stereocenters. The molecule has 2 aliphatic heterocycles. The van der Waals surface area contributed by atoms with E-state index in [1.54, 1.807) is 0 Å². The van der Waals surface area contributed by atoms with Crippen molar-refractivity contribution in [3.63, 3.8) is 0 Å². The standard InChI is InChI=1S/C21H31N2OP/c25-23-12-10-16(11-13-23)18-8-4-5-9-19(14-18)20-15-21(24-22-20)17-6-2-1-3-7-17/h1-3,6-7,16,18-19,21H,4-5,8-15,25H2. The molecule has 1 aromatic rings. The third kappa shape index (κ3) is 4.26. The number of hydrogen-bond acceptors (Lipinski definition) is 3. The molecule has 25 heavy (non-hydrogen) atoms. The van der Waals surface area contributed by atoms with Gasteiger partial charge in [0.15, 0.2) is 6.10 Å². The van der Waals surface area contributed by atoms with Gasteiger partial charge < -0.3 is 4.84 Å². The molecule has 0 N–H and O–H groups in total. The molecule has 0 spiro atoms. The van der Waals surface area contributed by atoms with Gasteiger partial charge in [-0.1, -0.05) is 64.1 Å². The number of hydrogen-bond donors (Lipinski definition) is 0. The third-order valence-electron chi connectivity index (χ3n) is 6.54. The van der Waals surface area contributed by atoms with Crippen LogP contribution in [-0.4, -0.2) is 23.5 Å². The largest absolute Gasteiger partial charge is 0.387 e. The lowest BCUT2D eigenvalue weighted by atomic mass is 9.77. The molecule has 1 aliphatic carbocycles. The topological polar surface area (TPSA) is 24.8 Å². The summed E-state index contributed by atoms with van der Waals surface area (Å²) in [6.45, 7) is 2.49. The van der Waals surface area contributed by atoms with Gasteiger partial charge in [0.05, 0.1) is 5.71 Å². The molecule has 4 heteroatoms. The Morgan fingerprint density at radius 3 is 2.52 bits per heavy atom. The molecule has 0 aromatic heterocycles. The summed E-state index contributed by atoms with van der Waals surface area (Å²) < 4.78 is 2.41. The normalized spacial score (nSPS) is 32.0. The SMILES string of the molecule is PN1CCC(C2CCCCC(C3=NOC(c4ccccc4)C3)C2)CC1. The molecule has 0 amide bonds. The molecule has 1 aromatic carbocycles. The minimum Gasteiger partial charge on any atom is -0.387 e. The van der Waals surface area contributed by atoms with E-state index in [9.17, 15) is 0 Å². The van der Waals surface area contributed by atoms with E-state index in [2.05, 4.69) is 49.5 Å². The molecule has 0 radical (unpaired) electrons. The average molecular weight is 358 g/mol. The Balaban J connectivity index is 1.38. The van der Waals surface area contributed by atoms with Gasteiger partial charge in [0, 0.05) is 25.4 Å². The van der Waals surface area contributed by atoms with Crippen LogP contribution in [0.15, 0.2) is 35.5 Å². The van der Waals surface area contributed by atoms with Gasteiger partial charge in [-0.2, -0.15) is 0 Å². The van der Waals surface area contributed by atoms with E-state index in [-0.39, 0.29) is 6.10 Å². The van der Waals surface area contributed by atoms with Crippen molar-refractivity contribution in [2.75, 3.05) is 13.1 Å². The van der Waals surface area contributed by atoms with Gasteiger partial charge in [-0.3, -0.25) is 4.67 Å². The van der Waals surface area contributed by atoms with Crippen LogP contribution < -0.4 is 0 Å². The smallest absolute Gasteiger partial charge is 0.157 e. The minimum absolute atomic E-state index is 0.137. The Morgan fingerprint density at radius 1 is 0.960 bits per heavy atom. The van der Waals surface area contributed by atoms with E-state index in [1.807, 2.05) is 0 Å². The Hall–Kier alpha value is -0.920. The Morgan fingerprint density at radius 2 is 1.72 bits per heavy atom. The first kappa shape index (κ1) is 17.5. The molecule has 4 rings (SSSR count). The van der Waals surface area contributed by atoms with E-state index < -0.39 is 0 Å². The van der Waals surface area contributed by atoms with Gasteiger partial charge in [-0.05, 0) is 43.1 Å². The van der Waals surface area contributed by atoms with E-state index in [0.717, 1.165) is 18.3 Å². The van der Waals surface area contributed by atoms with Gasteiger partial charge in [-0.25, -0.2) is 0 Å². The van der Waals surface area contributed by atoms with Gasteiger partial charge in [0.25, 0.3) is 0 Å². The van der Waals surface area contributed by atoms with Crippen LogP contribution in [0.25, 0.3) is 0 Å². The predicted molar refractivity (Wildman–Crippen MR) is 106 cm³/mol. The molecule has 2 fully saturated rings. The first-order valence-corrected chi connectivity index (χ1v) is 10.6. The van der Waals surface area contributed by atoms with Gasteiger partial charge in [0.2, 0.25) is 0 Å². The first-order chi connectivity index (χ1) is 12.3. The van der Waals surface area contributed by atoms with Crippen molar-refractivity contribution >= 4 is 15.1 Å². The van der Waals surface area contributed by atoms with E-state index >= 15 is 0 Å². The van der Waals surface area contributed by atoms with E-state index in [0.29, 0.717) is 5.92 Å². The lowest BCUT2D eigenvalue weighted by Crippen LogP contribution is -2.31. The van der Waals surface area contributed by atoms with Crippen LogP contribution in [0.4, 0.5) is 0 Å². The summed E-state index contributed by atoms with van der Waals surface area (Å²) in [6, 6.07) is 10.6. The quantitative estimate of drug-likeness (QED) is 0.548. The molecule has 3 nitrogen and oxygen atoms in total. The van der Waals surface area contributed by atoms with Crippen LogP contribution in [0.5, 0.6) is 0 Å². The third-order valence-corrected chi connectivity index (χ3v) is 7.06. The second kappa shape index (κ2) is 8.18. The average Bonchev–Trinajstić information content (AvgIpc) is 3.02. The number of piperidine rings is 1. The number of benzene rings is 1. The molecule has 4 atom stereocenters. The van der Waals surface area contributed by atoms with Crippen molar-refractivity contribution < 1.29 is 4.84 Å². The summed E-state index contributed by atoms with van der Waals surface area (Å²) >= 11 is 0. The van der Waals surface area contributed by atoms with Crippen molar-refractivity contribution in [1.82, 2.24) is 4.67 Å². The molecule has 1 saturated heterocycles. The summed E-state index contributed by atoms with van der Waals surface area (Å²) in [6.07, 6.45) is 10.7. The van der Waals surface area contributed by atoms with Crippen molar-refractivity contribution in [1.29, 1.82) is 0 Å². The van der Waals surface area contributed by atoms with Crippen LogP contribution >= 0.6 is 9.39 Å². The summed E-state index contributed by atoms with van der Waals surface area (Å²) in [5.41, 5.74) is 2.60. The first-order valence-electron chi connectivity index (χ1n) is 10.1. The molecule has 2 heterocycles. The van der Waals surface area contributed by atoms with E-state index in [4.69, 9.17) is 4.84 Å². The van der Waals surface area contributed by atoms with Crippen LogP contribution in [-0.2, 0) is 4.84 Å². The number of nitrogens with zero attached hydrogens (tertiary/aromatic N) is 2. The maximum Gasteiger partial charge on any atom is 0.157 e. The summed E-state index contributed by atoms with van der Waals surface area (Å²) in [5.74, 6) is 2.46. The second-order valence-electron chi connectivity index (χ2n) is 8.14. The van der Waals surface area contributed by atoms with Gasteiger partial charge in [-0.15, -0.1) is 0 Å². The van der Waals surface area contributed by atoms with E-state index in [1.165, 1.54) is 69.3 Å². The number of rotatable bonds is 3. The molecule has 1 saturated carbocycles. The van der Waals surface area contributed by atoms with Crippen molar-refractivity contribution in [2.45, 2.75) is 57.5 Å². The fourth-order valence-electron chi connectivity index (χ4n) is 5.00. The maximum atomic E-state index is 5.82. The Bertz CT molecular complexity index is 583. The summed E-state index contributed by atoms with van der Waals surface area (Å²) in [7, 11) is 2.88. The fourth-order valence-corrected chi connectivity index (χ4v) is 5.30. The van der Waals surface area contributed by atoms with Crippen LogP contribution in [0, 0.1) is 17.8 Å². The highest BCUT2D eigenvalue weighted by Gasteiger charge is 2.34. The van der Waals surface area contributed by atoms with Crippen molar-refractivity contribution in [2.24, 2.45) is 22.9 Å². The monoisotopic (exact) mass is 358 g/mol. The molecular weight excluding hydrogens is 327 g/mol. The molecule has 3 aliphatic rings. The highest BCUT2D eigenvalue weighted by atomic mass is 31.0. The predicted octanol–water partition coefficient (Wildman–Crippen LogP) is 5.20. The van der Waals surface area contributed by atoms with Gasteiger partial charge in [0.1, 0.15) is 0 Å². The van der Waals surface area contributed by atoms with Gasteiger partial charge >= 0.3 is 0 Å². The maximum absolute atomic E-state index is 5.82. The zero-order valence-corrected chi connectivity index (χ0v) is 16.3.